The van der Waals surface area contributed by atoms with Crippen LogP contribution in [0.4, 0.5) is 5.69 Å². The van der Waals surface area contributed by atoms with E-state index >= 15 is 0 Å². The van der Waals surface area contributed by atoms with E-state index in [1.165, 1.54) is 0 Å². The molecule has 0 saturated heterocycles. The first-order valence-electron chi connectivity index (χ1n) is 7.43. The van der Waals surface area contributed by atoms with Gasteiger partial charge in [-0.1, -0.05) is 23.3 Å². The van der Waals surface area contributed by atoms with Gasteiger partial charge in [-0.2, -0.15) is 0 Å². The monoisotopic (exact) mass is 325 g/mol. The molecule has 3 aromatic rings. The third kappa shape index (κ3) is 2.76. The van der Waals surface area contributed by atoms with E-state index in [9.17, 15) is 0 Å². The molecule has 3 rings (SSSR count). The summed E-state index contributed by atoms with van der Waals surface area (Å²) in [7, 11) is 7.08. The van der Waals surface area contributed by atoms with E-state index in [0.717, 1.165) is 16.7 Å². The second-order valence-electron chi connectivity index (χ2n) is 5.24. The van der Waals surface area contributed by atoms with E-state index in [0.29, 0.717) is 17.1 Å². The maximum absolute atomic E-state index is 5.37. The van der Waals surface area contributed by atoms with Crippen LogP contribution in [0.1, 0.15) is 0 Å². The molecule has 0 radical (unpaired) electrons. The Morgan fingerprint density at radius 3 is 1.88 bits per heavy atom. The van der Waals surface area contributed by atoms with Crippen LogP contribution in [0, 0.1) is 0 Å². The van der Waals surface area contributed by atoms with Gasteiger partial charge in [-0.15, -0.1) is 5.11 Å². The van der Waals surface area contributed by atoms with Gasteiger partial charge in [0.05, 0.1) is 30.9 Å². The highest BCUT2D eigenvalue weighted by atomic mass is 16.5. The van der Waals surface area contributed by atoms with Crippen LogP contribution in [0.15, 0.2) is 57.9 Å². The fourth-order valence-electron chi connectivity index (χ4n) is 2.58. The molecule has 7 heteroatoms. The van der Waals surface area contributed by atoms with Crippen molar-refractivity contribution in [1.82, 2.24) is 9.13 Å². The second-order valence-corrected chi connectivity index (χ2v) is 5.24. The smallest absolute Gasteiger partial charge is 0.232 e. The number of hydrogen-bond acceptors (Lipinski definition) is 4. The van der Waals surface area contributed by atoms with Gasteiger partial charge in [-0.3, -0.25) is 0 Å². The lowest BCUT2D eigenvalue weighted by molar-refractivity contribution is 0.355. The topological polar surface area (TPSA) is 65.4 Å². The fraction of sp³-hybridized carbons (Fsp3) is 0.235. The third-order valence-electron chi connectivity index (χ3n) is 3.85. The average molecular weight is 325 g/mol. The van der Waals surface area contributed by atoms with Gasteiger partial charge in [0.25, 0.3) is 0 Å². The predicted molar refractivity (Wildman–Crippen MR) is 91.5 cm³/mol. The number of benzene rings is 2. The Hall–Kier alpha value is -3.09. The highest BCUT2D eigenvalue weighted by Crippen LogP contribution is 2.31. The zero-order valence-corrected chi connectivity index (χ0v) is 14.1. The van der Waals surface area contributed by atoms with Crippen molar-refractivity contribution in [3.05, 3.63) is 48.1 Å². The molecule has 0 bridgehead atoms. The number of aryl methyl sites for hydroxylation is 2. The van der Waals surface area contributed by atoms with Crippen LogP contribution >= 0.6 is 0 Å². The maximum atomic E-state index is 5.37. The van der Waals surface area contributed by atoms with E-state index in [1.54, 1.807) is 14.2 Å². The van der Waals surface area contributed by atoms with Crippen LogP contribution in [-0.4, -0.2) is 23.4 Å². The summed E-state index contributed by atoms with van der Waals surface area (Å²) in [5.74, 6) is 1.34. The lowest BCUT2D eigenvalue weighted by Gasteiger charge is -2.07. The highest BCUT2D eigenvalue weighted by Gasteiger charge is 2.12. The van der Waals surface area contributed by atoms with E-state index in [1.807, 2.05) is 65.7 Å². The van der Waals surface area contributed by atoms with Gasteiger partial charge in [0.1, 0.15) is 0 Å². The van der Waals surface area contributed by atoms with E-state index in [2.05, 4.69) is 15.4 Å². The molecule has 7 nitrogen and oxygen atoms in total. The Morgan fingerprint density at radius 2 is 1.38 bits per heavy atom. The van der Waals surface area contributed by atoms with Gasteiger partial charge in [0.15, 0.2) is 11.5 Å². The number of ether oxygens (including phenoxy) is 2. The number of nitrogens with zero attached hydrogens (tertiary/aromatic N) is 5. The molecule has 1 aromatic heterocycles. The molecule has 0 spiro atoms. The van der Waals surface area contributed by atoms with Crippen molar-refractivity contribution in [2.45, 2.75) is 0 Å². The molecule has 1 heterocycles. The number of imidazole rings is 1. The zero-order chi connectivity index (χ0) is 17.1. The molecule has 0 aliphatic heterocycles. The van der Waals surface area contributed by atoms with Gasteiger partial charge < -0.3 is 18.6 Å². The Labute approximate surface area is 139 Å². The van der Waals surface area contributed by atoms with Crippen molar-refractivity contribution in [2.24, 2.45) is 29.5 Å². The van der Waals surface area contributed by atoms with Crippen LogP contribution in [0.25, 0.3) is 11.0 Å². The number of rotatable bonds is 4. The van der Waals surface area contributed by atoms with Gasteiger partial charge in [0, 0.05) is 26.2 Å². The molecule has 0 unspecified atom stereocenters. The molecule has 0 atom stereocenters. The van der Waals surface area contributed by atoms with Crippen molar-refractivity contribution in [1.29, 1.82) is 0 Å². The largest absolute Gasteiger partial charge is 0.493 e. The number of aromatic nitrogens is 2. The van der Waals surface area contributed by atoms with E-state index in [-0.39, 0.29) is 0 Å². The SMILES string of the molecule is COc1cc2c(cc1OC)n(C)c(=NN=Nc1ccccc1)n2C. The molecule has 2 aromatic carbocycles. The number of fused-ring (bicyclic) bond motifs is 1. The summed E-state index contributed by atoms with van der Waals surface area (Å²) >= 11 is 0. The normalized spacial score (nSPS) is 11.2. The third-order valence-corrected chi connectivity index (χ3v) is 3.85. The first kappa shape index (κ1) is 15.8. The average Bonchev–Trinajstić information content (AvgIpc) is 2.85. The minimum atomic E-state index is 0.667. The molecule has 24 heavy (non-hydrogen) atoms. The molecule has 0 aliphatic carbocycles. The summed E-state index contributed by atoms with van der Waals surface area (Å²) in [6.07, 6.45) is 0. The van der Waals surface area contributed by atoms with Gasteiger partial charge in [-0.05, 0) is 17.4 Å². The van der Waals surface area contributed by atoms with Crippen LogP contribution in [0.2, 0.25) is 0 Å². The van der Waals surface area contributed by atoms with Crippen LogP contribution < -0.4 is 15.1 Å². The Bertz CT molecular complexity index is 905. The van der Waals surface area contributed by atoms with Crippen molar-refractivity contribution in [3.63, 3.8) is 0 Å². The van der Waals surface area contributed by atoms with Crippen molar-refractivity contribution >= 4 is 16.7 Å². The molecule has 124 valence electrons. The quantitative estimate of drug-likeness (QED) is 0.546. The summed E-state index contributed by atoms with van der Waals surface area (Å²) in [6, 6.07) is 13.3. The van der Waals surface area contributed by atoms with Crippen molar-refractivity contribution < 1.29 is 9.47 Å². The molecular formula is C17H19N5O2. The Balaban J connectivity index is 2.11. The van der Waals surface area contributed by atoms with Crippen molar-refractivity contribution in [2.75, 3.05) is 14.2 Å². The standard InChI is InChI=1S/C17H19N5O2/c1-21-13-10-15(23-3)16(24-4)11-14(13)22(2)17(21)19-20-18-12-8-6-5-7-9-12/h5-11H,1-4H3. The number of hydrogen-bond donors (Lipinski definition) is 0. The Morgan fingerprint density at radius 1 is 0.833 bits per heavy atom. The second kappa shape index (κ2) is 6.57. The van der Waals surface area contributed by atoms with E-state index < -0.39 is 0 Å². The van der Waals surface area contributed by atoms with Gasteiger partial charge >= 0.3 is 0 Å². The fourth-order valence-corrected chi connectivity index (χ4v) is 2.58. The van der Waals surface area contributed by atoms with Crippen LogP contribution in [-0.2, 0) is 14.1 Å². The summed E-state index contributed by atoms with van der Waals surface area (Å²) in [5, 5.41) is 12.3. The molecule has 0 amide bonds. The molecule has 0 N–H and O–H groups in total. The molecule has 0 saturated carbocycles. The minimum Gasteiger partial charge on any atom is -0.493 e. The van der Waals surface area contributed by atoms with Crippen molar-refractivity contribution in [3.8, 4) is 11.5 Å². The zero-order valence-electron chi connectivity index (χ0n) is 14.1. The summed E-state index contributed by atoms with van der Waals surface area (Å²) in [4.78, 5) is 0. The van der Waals surface area contributed by atoms with Crippen LogP contribution in [0.5, 0.6) is 11.5 Å². The predicted octanol–water partition coefficient (Wildman–Crippen LogP) is 3.13. The number of methoxy groups -OCH3 is 2. The lowest BCUT2D eigenvalue weighted by Crippen LogP contribution is -2.21. The minimum absolute atomic E-state index is 0.667. The summed E-state index contributed by atoms with van der Waals surface area (Å²) in [6.45, 7) is 0. The maximum Gasteiger partial charge on any atom is 0.232 e. The molecular weight excluding hydrogens is 306 g/mol. The summed E-state index contributed by atoms with van der Waals surface area (Å²) < 4.78 is 14.6. The van der Waals surface area contributed by atoms with Gasteiger partial charge in [-0.25, -0.2) is 0 Å². The van der Waals surface area contributed by atoms with Gasteiger partial charge in [0.2, 0.25) is 5.62 Å². The lowest BCUT2D eigenvalue weighted by atomic mass is 10.2. The highest BCUT2D eigenvalue weighted by molar-refractivity contribution is 5.80. The first-order valence-corrected chi connectivity index (χ1v) is 7.43. The first-order chi connectivity index (χ1) is 11.7. The summed E-state index contributed by atoms with van der Waals surface area (Å²) in [5.41, 5.74) is 3.35. The van der Waals surface area contributed by atoms with E-state index in [4.69, 9.17) is 9.47 Å². The molecule has 0 fully saturated rings. The van der Waals surface area contributed by atoms with Crippen LogP contribution in [0.3, 0.4) is 0 Å². The Kier molecular flexibility index (Phi) is 4.33. The molecule has 0 aliphatic rings.